The first-order valence-corrected chi connectivity index (χ1v) is 6.94. The Morgan fingerprint density at radius 3 is 2.61 bits per heavy atom. The molecule has 120 valence electrons. The van der Waals surface area contributed by atoms with Crippen LogP contribution in [0.15, 0.2) is 41.5 Å². The number of carbonyl (C=O) groups excluding carboxylic acids is 1. The molecule has 0 aliphatic heterocycles. The lowest BCUT2D eigenvalue weighted by atomic mass is 10.0. The maximum atomic E-state index is 14.4. The van der Waals surface area contributed by atoms with Gasteiger partial charge in [0.1, 0.15) is 11.6 Å². The number of hydrogen-bond acceptors (Lipinski definition) is 3. The highest BCUT2D eigenvalue weighted by atomic mass is 35.5. The Bertz CT molecular complexity index is 751. The number of carbonyl (C=O) groups is 1. The summed E-state index contributed by atoms with van der Waals surface area (Å²) in [5, 5.41) is 3.92. The van der Waals surface area contributed by atoms with Crippen LogP contribution in [0.4, 0.5) is 8.78 Å². The number of benzene rings is 2. The highest BCUT2D eigenvalue weighted by molar-refractivity contribution is 6.33. The maximum absolute atomic E-state index is 14.4. The molecular formula is C16H13ClF2N2O2. The average molecular weight is 339 g/mol. The molecule has 4 nitrogen and oxygen atoms in total. The van der Waals surface area contributed by atoms with Gasteiger partial charge < -0.3 is 4.74 Å². The monoisotopic (exact) mass is 338 g/mol. The molecule has 0 heterocycles. The molecular weight excluding hydrogens is 326 g/mol. The van der Waals surface area contributed by atoms with Crippen LogP contribution in [0, 0.1) is 11.6 Å². The third-order valence-electron chi connectivity index (χ3n) is 3.06. The van der Waals surface area contributed by atoms with Gasteiger partial charge in [-0.2, -0.15) is 5.10 Å². The second-order valence-electron chi connectivity index (χ2n) is 4.56. The van der Waals surface area contributed by atoms with Crippen LogP contribution in [0.1, 0.15) is 5.56 Å². The van der Waals surface area contributed by atoms with Gasteiger partial charge >= 0.3 is 0 Å². The summed E-state index contributed by atoms with van der Waals surface area (Å²) in [6, 6.07) is 8.11. The predicted octanol–water partition coefficient (Wildman–Crippen LogP) is 3.38. The molecule has 7 heteroatoms. The predicted molar refractivity (Wildman–Crippen MR) is 84.4 cm³/mol. The molecule has 0 saturated carbocycles. The lowest BCUT2D eigenvalue weighted by Gasteiger charge is -2.10. The molecule has 0 unspecified atom stereocenters. The Morgan fingerprint density at radius 1 is 1.26 bits per heavy atom. The smallest absolute Gasteiger partial charge is 0.227 e. The Hall–Kier alpha value is -2.31. The zero-order valence-electron chi connectivity index (χ0n) is 12.1. The highest BCUT2D eigenvalue weighted by Crippen LogP contribution is 2.31. The normalized spacial score (nSPS) is 11.4. The summed E-state index contributed by atoms with van der Waals surface area (Å²) >= 11 is 5.96. The van der Waals surface area contributed by atoms with E-state index in [4.69, 9.17) is 16.3 Å². The van der Waals surface area contributed by atoms with Gasteiger partial charge in [0.2, 0.25) is 6.41 Å². The number of methoxy groups -OCH3 is 1. The van der Waals surface area contributed by atoms with E-state index in [0.29, 0.717) is 23.2 Å². The van der Waals surface area contributed by atoms with E-state index in [1.165, 1.54) is 31.4 Å². The van der Waals surface area contributed by atoms with Crippen molar-refractivity contribution in [2.45, 2.75) is 0 Å². The van der Waals surface area contributed by atoms with Crippen molar-refractivity contribution in [3.05, 3.63) is 58.6 Å². The molecule has 0 saturated heterocycles. The van der Waals surface area contributed by atoms with E-state index in [2.05, 4.69) is 10.5 Å². The average Bonchev–Trinajstić information content (AvgIpc) is 2.52. The molecule has 1 amide bonds. The Labute approximate surface area is 136 Å². The van der Waals surface area contributed by atoms with Gasteiger partial charge in [-0.1, -0.05) is 23.7 Å². The number of nitrogens with zero attached hydrogens (tertiary/aromatic N) is 1. The standard InChI is InChI=1S/C16H13ClF2N2O2/c1-23-8-16(21-20-9-22)10-2-4-13(15(19)6-10)12-5-3-11(18)7-14(12)17/h2-7,9H,8H2,1H3,(H,20,22)/b21-16+. The fourth-order valence-electron chi connectivity index (χ4n) is 2.04. The molecule has 0 spiro atoms. The SMILES string of the molecule is COC/C(=N\NC=O)c1ccc(-c2ccc(F)cc2Cl)c(F)c1. The minimum absolute atomic E-state index is 0.0942. The van der Waals surface area contributed by atoms with Crippen molar-refractivity contribution >= 4 is 23.7 Å². The number of hydrogen-bond donors (Lipinski definition) is 1. The van der Waals surface area contributed by atoms with Crippen molar-refractivity contribution in [1.82, 2.24) is 5.43 Å². The van der Waals surface area contributed by atoms with Crippen LogP contribution < -0.4 is 5.43 Å². The van der Waals surface area contributed by atoms with Gasteiger partial charge in [-0.3, -0.25) is 4.79 Å². The molecule has 2 aromatic rings. The van der Waals surface area contributed by atoms with Crippen LogP contribution in [-0.2, 0) is 9.53 Å². The van der Waals surface area contributed by atoms with Gasteiger partial charge in [-0.05, 0) is 24.3 Å². The molecule has 2 aromatic carbocycles. The van der Waals surface area contributed by atoms with Crippen LogP contribution >= 0.6 is 11.6 Å². The van der Waals surface area contributed by atoms with E-state index in [9.17, 15) is 13.6 Å². The molecule has 23 heavy (non-hydrogen) atoms. The molecule has 2 rings (SSSR count). The summed E-state index contributed by atoms with van der Waals surface area (Å²) in [6.07, 6.45) is 0.401. The van der Waals surface area contributed by atoms with E-state index >= 15 is 0 Å². The Balaban J connectivity index is 2.42. The summed E-state index contributed by atoms with van der Waals surface area (Å²) in [6.45, 7) is 0.0942. The first-order valence-electron chi connectivity index (χ1n) is 6.57. The highest BCUT2D eigenvalue weighted by Gasteiger charge is 2.13. The van der Waals surface area contributed by atoms with Crippen molar-refractivity contribution < 1.29 is 18.3 Å². The summed E-state index contributed by atoms with van der Waals surface area (Å²) in [5.74, 6) is -1.05. The summed E-state index contributed by atoms with van der Waals surface area (Å²) < 4.78 is 32.5. The maximum Gasteiger partial charge on any atom is 0.227 e. The minimum Gasteiger partial charge on any atom is -0.378 e. The van der Waals surface area contributed by atoms with Gasteiger partial charge in [0.25, 0.3) is 0 Å². The van der Waals surface area contributed by atoms with Crippen molar-refractivity contribution in [3.8, 4) is 11.1 Å². The largest absolute Gasteiger partial charge is 0.378 e. The van der Waals surface area contributed by atoms with E-state index in [0.717, 1.165) is 6.07 Å². The molecule has 0 atom stereocenters. The number of nitrogens with one attached hydrogen (secondary N) is 1. The Morgan fingerprint density at radius 2 is 2.00 bits per heavy atom. The lowest BCUT2D eigenvalue weighted by Crippen LogP contribution is -2.15. The summed E-state index contributed by atoms with van der Waals surface area (Å²) in [5.41, 5.74) is 3.57. The van der Waals surface area contributed by atoms with E-state index in [1.54, 1.807) is 6.07 Å². The van der Waals surface area contributed by atoms with Crippen molar-refractivity contribution in [2.75, 3.05) is 13.7 Å². The van der Waals surface area contributed by atoms with Gasteiger partial charge in [-0.25, -0.2) is 14.2 Å². The second-order valence-corrected chi connectivity index (χ2v) is 4.96. The Kier molecular flexibility index (Phi) is 5.78. The van der Waals surface area contributed by atoms with Crippen LogP contribution in [0.2, 0.25) is 5.02 Å². The quantitative estimate of drug-likeness (QED) is 0.498. The minimum atomic E-state index is -0.550. The third kappa shape index (κ3) is 4.12. The van der Waals surface area contributed by atoms with E-state index in [-0.39, 0.29) is 17.2 Å². The zero-order valence-corrected chi connectivity index (χ0v) is 12.9. The lowest BCUT2D eigenvalue weighted by molar-refractivity contribution is -0.109. The van der Waals surface area contributed by atoms with Crippen molar-refractivity contribution in [2.24, 2.45) is 5.10 Å². The number of amides is 1. The molecule has 0 bridgehead atoms. The van der Waals surface area contributed by atoms with E-state index in [1.807, 2.05) is 0 Å². The molecule has 0 aliphatic carbocycles. The molecule has 0 aromatic heterocycles. The van der Waals surface area contributed by atoms with Crippen molar-refractivity contribution in [3.63, 3.8) is 0 Å². The second kappa shape index (κ2) is 7.80. The number of ether oxygens (including phenoxy) is 1. The first-order chi connectivity index (χ1) is 11.1. The molecule has 0 fully saturated rings. The number of halogens is 3. The van der Waals surface area contributed by atoms with Crippen LogP contribution in [-0.4, -0.2) is 25.8 Å². The van der Waals surface area contributed by atoms with Crippen molar-refractivity contribution in [1.29, 1.82) is 0 Å². The van der Waals surface area contributed by atoms with Crippen LogP contribution in [0.5, 0.6) is 0 Å². The number of hydrazone groups is 1. The van der Waals surface area contributed by atoms with Gasteiger partial charge in [0.05, 0.1) is 17.3 Å². The van der Waals surface area contributed by atoms with Gasteiger partial charge in [0, 0.05) is 23.8 Å². The fourth-order valence-corrected chi connectivity index (χ4v) is 2.31. The summed E-state index contributed by atoms with van der Waals surface area (Å²) in [4.78, 5) is 10.3. The summed E-state index contributed by atoms with van der Waals surface area (Å²) in [7, 11) is 1.46. The topological polar surface area (TPSA) is 50.7 Å². The zero-order chi connectivity index (χ0) is 16.8. The fraction of sp³-hybridized carbons (Fsp3) is 0.125. The van der Waals surface area contributed by atoms with Crippen LogP contribution in [0.3, 0.4) is 0 Å². The molecule has 1 N–H and O–H groups in total. The van der Waals surface area contributed by atoms with Gasteiger partial charge in [0.15, 0.2) is 0 Å². The molecule has 0 aliphatic rings. The molecule has 0 radical (unpaired) electrons. The van der Waals surface area contributed by atoms with Crippen LogP contribution in [0.25, 0.3) is 11.1 Å². The first kappa shape index (κ1) is 17.1. The van der Waals surface area contributed by atoms with Gasteiger partial charge in [-0.15, -0.1) is 0 Å². The number of rotatable bonds is 6. The van der Waals surface area contributed by atoms with E-state index < -0.39 is 11.6 Å². The third-order valence-corrected chi connectivity index (χ3v) is 3.37.